The molecule has 1 aliphatic carbocycles. The molecule has 2 atom stereocenters. The summed E-state index contributed by atoms with van der Waals surface area (Å²) < 4.78 is 11.8. The van der Waals surface area contributed by atoms with Gasteiger partial charge in [-0.05, 0) is 44.2 Å². The van der Waals surface area contributed by atoms with Crippen LogP contribution in [0.25, 0.3) is 0 Å². The van der Waals surface area contributed by atoms with Crippen LogP contribution >= 0.6 is 0 Å². The predicted octanol–water partition coefficient (Wildman–Crippen LogP) is 2.79. The van der Waals surface area contributed by atoms with Crippen LogP contribution in [0.2, 0.25) is 0 Å². The molecule has 0 radical (unpaired) electrons. The van der Waals surface area contributed by atoms with Crippen molar-refractivity contribution in [2.75, 3.05) is 20.2 Å². The first-order chi connectivity index (χ1) is 11.2. The van der Waals surface area contributed by atoms with Crippen LogP contribution in [-0.2, 0) is 4.79 Å². The Kier molecular flexibility index (Phi) is 5.06. The quantitative estimate of drug-likeness (QED) is 0.809. The van der Waals surface area contributed by atoms with E-state index in [4.69, 9.17) is 9.47 Å². The number of rotatable bonds is 7. The second-order valence-corrected chi connectivity index (χ2v) is 6.51. The minimum Gasteiger partial charge on any atom is -0.493 e. The van der Waals surface area contributed by atoms with Crippen molar-refractivity contribution in [3.05, 3.63) is 23.8 Å². The van der Waals surface area contributed by atoms with Crippen LogP contribution in [-0.4, -0.2) is 37.4 Å². The number of benzene rings is 1. The summed E-state index contributed by atoms with van der Waals surface area (Å²) in [7, 11) is 1.63. The van der Waals surface area contributed by atoms with Gasteiger partial charge in [-0.2, -0.15) is 0 Å². The number of piperidine rings is 1. The van der Waals surface area contributed by atoms with Gasteiger partial charge in [0.25, 0.3) is 0 Å². The first kappa shape index (κ1) is 16.1. The number of hydrogen-bond acceptors (Lipinski definition) is 4. The molecule has 0 amide bonds. The van der Waals surface area contributed by atoms with Crippen molar-refractivity contribution in [2.45, 2.75) is 44.1 Å². The van der Waals surface area contributed by atoms with Gasteiger partial charge in [0.15, 0.2) is 11.5 Å². The Bertz CT molecular complexity index is 550. The molecule has 2 fully saturated rings. The number of carboxylic acids is 1. The zero-order valence-corrected chi connectivity index (χ0v) is 13.6. The molecule has 2 N–H and O–H groups in total. The SMILES string of the molecule is COc1c(OC2CCCNC2)cccc1C(CC(=O)O)C1CC1. The van der Waals surface area contributed by atoms with E-state index in [1.165, 1.54) is 0 Å². The average Bonchev–Trinajstić information content (AvgIpc) is 3.38. The molecular weight excluding hydrogens is 294 g/mol. The van der Waals surface area contributed by atoms with Gasteiger partial charge in [0.1, 0.15) is 6.10 Å². The van der Waals surface area contributed by atoms with Gasteiger partial charge in [0, 0.05) is 18.0 Å². The number of hydrogen-bond donors (Lipinski definition) is 2. The Morgan fingerprint density at radius 1 is 1.39 bits per heavy atom. The van der Waals surface area contributed by atoms with E-state index in [-0.39, 0.29) is 18.4 Å². The summed E-state index contributed by atoms with van der Waals surface area (Å²) in [5.41, 5.74) is 0.971. The van der Waals surface area contributed by atoms with E-state index in [1.807, 2.05) is 18.2 Å². The molecule has 1 aromatic rings. The topological polar surface area (TPSA) is 67.8 Å². The van der Waals surface area contributed by atoms with Gasteiger partial charge in [0.2, 0.25) is 0 Å². The van der Waals surface area contributed by atoms with Crippen LogP contribution in [0.3, 0.4) is 0 Å². The summed E-state index contributed by atoms with van der Waals surface area (Å²) in [6, 6.07) is 5.85. The maximum Gasteiger partial charge on any atom is 0.303 e. The molecule has 3 rings (SSSR count). The van der Waals surface area contributed by atoms with E-state index >= 15 is 0 Å². The fourth-order valence-electron chi connectivity index (χ4n) is 3.45. The summed E-state index contributed by atoms with van der Waals surface area (Å²) in [5, 5.41) is 12.6. The first-order valence-corrected chi connectivity index (χ1v) is 8.45. The molecule has 1 saturated heterocycles. The largest absolute Gasteiger partial charge is 0.493 e. The standard InChI is InChI=1S/C18H25NO4/c1-22-18-14(15(10-17(20)21)12-7-8-12)5-2-6-16(18)23-13-4-3-9-19-11-13/h2,5-6,12-13,15,19H,3-4,7-11H2,1H3,(H,20,21). The van der Waals surface area contributed by atoms with Crippen molar-refractivity contribution in [3.63, 3.8) is 0 Å². The number of aliphatic carboxylic acids is 1. The van der Waals surface area contributed by atoms with Crippen molar-refractivity contribution in [1.29, 1.82) is 0 Å². The van der Waals surface area contributed by atoms with E-state index < -0.39 is 5.97 Å². The van der Waals surface area contributed by atoms with E-state index in [1.54, 1.807) is 7.11 Å². The zero-order valence-electron chi connectivity index (χ0n) is 13.6. The van der Waals surface area contributed by atoms with Crippen molar-refractivity contribution >= 4 is 5.97 Å². The Labute approximate surface area is 137 Å². The van der Waals surface area contributed by atoms with Gasteiger partial charge < -0.3 is 19.9 Å². The molecule has 1 saturated carbocycles. The highest BCUT2D eigenvalue weighted by Crippen LogP contribution is 2.49. The average molecular weight is 319 g/mol. The third kappa shape index (κ3) is 3.96. The lowest BCUT2D eigenvalue weighted by Crippen LogP contribution is -2.37. The number of methoxy groups -OCH3 is 1. The molecule has 0 aromatic heterocycles. The number of ether oxygens (including phenoxy) is 2. The van der Waals surface area contributed by atoms with Gasteiger partial charge in [-0.25, -0.2) is 0 Å². The Morgan fingerprint density at radius 2 is 2.22 bits per heavy atom. The molecule has 23 heavy (non-hydrogen) atoms. The Balaban J connectivity index is 1.84. The van der Waals surface area contributed by atoms with Crippen LogP contribution in [0.4, 0.5) is 0 Å². The normalized spacial score (nSPS) is 22.4. The van der Waals surface area contributed by atoms with Crippen molar-refractivity contribution in [3.8, 4) is 11.5 Å². The van der Waals surface area contributed by atoms with E-state index in [9.17, 15) is 9.90 Å². The molecule has 5 heteroatoms. The Morgan fingerprint density at radius 3 is 2.83 bits per heavy atom. The minimum atomic E-state index is -0.758. The van der Waals surface area contributed by atoms with Crippen LogP contribution < -0.4 is 14.8 Å². The molecule has 2 aliphatic rings. The monoisotopic (exact) mass is 319 g/mol. The molecule has 5 nitrogen and oxygen atoms in total. The van der Waals surface area contributed by atoms with Crippen molar-refractivity contribution in [1.82, 2.24) is 5.32 Å². The smallest absolute Gasteiger partial charge is 0.303 e. The summed E-state index contributed by atoms with van der Waals surface area (Å²) in [6.45, 7) is 1.88. The highest BCUT2D eigenvalue weighted by atomic mass is 16.5. The second-order valence-electron chi connectivity index (χ2n) is 6.51. The molecular formula is C18H25NO4. The lowest BCUT2D eigenvalue weighted by atomic mass is 9.90. The Hall–Kier alpha value is -1.75. The van der Waals surface area contributed by atoms with Crippen LogP contribution in [0.15, 0.2) is 18.2 Å². The van der Waals surface area contributed by atoms with Crippen molar-refractivity contribution < 1.29 is 19.4 Å². The number of carboxylic acid groups (broad SMARTS) is 1. The number of nitrogens with one attached hydrogen (secondary N) is 1. The maximum absolute atomic E-state index is 11.2. The van der Waals surface area contributed by atoms with Crippen LogP contribution in [0, 0.1) is 5.92 Å². The molecule has 1 aliphatic heterocycles. The highest BCUT2D eigenvalue weighted by molar-refractivity contribution is 5.69. The predicted molar refractivity (Wildman–Crippen MR) is 87.2 cm³/mol. The summed E-state index contributed by atoms with van der Waals surface area (Å²) in [4.78, 5) is 11.2. The number of carbonyl (C=O) groups is 1. The van der Waals surface area contributed by atoms with Crippen molar-refractivity contribution in [2.24, 2.45) is 5.92 Å². The van der Waals surface area contributed by atoms with Gasteiger partial charge in [-0.3, -0.25) is 4.79 Å². The van der Waals surface area contributed by atoms with E-state index in [2.05, 4.69) is 5.32 Å². The fraction of sp³-hybridized carbons (Fsp3) is 0.611. The maximum atomic E-state index is 11.2. The molecule has 0 bridgehead atoms. The molecule has 1 heterocycles. The highest BCUT2D eigenvalue weighted by Gasteiger charge is 2.36. The first-order valence-electron chi connectivity index (χ1n) is 8.45. The van der Waals surface area contributed by atoms with Gasteiger partial charge in [-0.1, -0.05) is 12.1 Å². The fourth-order valence-corrected chi connectivity index (χ4v) is 3.45. The van der Waals surface area contributed by atoms with Gasteiger partial charge >= 0.3 is 5.97 Å². The molecule has 2 unspecified atom stereocenters. The van der Waals surface area contributed by atoms with Gasteiger partial charge in [0.05, 0.1) is 13.5 Å². The lowest BCUT2D eigenvalue weighted by molar-refractivity contribution is -0.137. The number of para-hydroxylation sites is 1. The van der Waals surface area contributed by atoms with E-state index in [0.29, 0.717) is 11.7 Å². The molecule has 1 aromatic carbocycles. The summed E-state index contributed by atoms with van der Waals surface area (Å²) in [5.74, 6) is 1.14. The lowest BCUT2D eigenvalue weighted by Gasteiger charge is -2.26. The third-order valence-corrected chi connectivity index (χ3v) is 4.74. The molecule has 126 valence electrons. The minimum absolute atomic E-state index is 0.00970. The zero-order chi connectivity index (χ0) is 16.2. The van der Waals surface area contributed by atoms with Crippen LogP contribution in [0.5, 0.6) is 11.5 Å². The van der Waals surface area contributed by atoms with Gasteiger partial charge in [-0.15, -0.1) is 0 Å². The summed E-state index contributed by atoms with van der Waals surface area (Å²) >= 11 is 0. The van der Waals surface area contributed by atoms with E-state index in [0.717, 1.165) is 50.1 Å². The third-order valence-electron chi connectivity index (χ3n) is 4.74. The summed E-state index contributed by atoms with van der Waals surface area (Å²) in [6.07, 6.45) is 4.62. The second kappa shape index (κ2) is 7.21. The molecule has 0 spiro atoms. The van der Waals surface area contributed by atoms with Crippen LogP contribution in [0.1, 0.15) is 43.6 Å².